The third-order valence-corrected chi connectivity index (χ3v) is 3.52. The SMILES string of the molecule is Oc1ccc(CNCc2nccs2)cc1Br. The van der Waals surface area contributed by atoms with Crippen LogP contribution in [0.4, 0.5) is 0 Å². The van der Waals surface area contributed by atoms with Gasteiger partial charge in [-0.25, -0.2) is 4.98 Å². The molecule has 0 radical (unpaired) electrons. The number of aromatic hydroxyl groups is 1. The number of phenolic OH excluding ortho intramolecular Hbond substituents is 1. The summed E-state index contributed by atoms with van der Waals surface area (Å²) in [7, 11) is 0. The van der Waals surface area contributed by atoms with Crippen LogP contribution in [0, 0.1) is 0 Å². The highest BCUT2D eigenvalue weighted by Crippen LogP contribution is 2.24. The van der Waals surface area contributed by atoms with Crippen molar-refractivity contribution >= 4 is 27.3 Å². The molecule has 0 unspecified atom stereocenters. The van der Waals surface area contributed by atoms with Gasteiger partial charge in [-0.2, -0.15) is 0 Å². The van der Waals surface area contributed by atoms with Gasteiger partial charge in [-0.3, -0.25) is 0 Å². The number of hydrogen-bond donors (Lipinski definition) is 2. The van der Waals surface area contributed by atoms with E-state index < -0.39 is 0 Å². The summed E-state index contributed by atoms with van der Waals surface area (Å²) in [5.74, 6) is 0.267. The predicted molar refractivity (Wildman–Crippen MR) is 68.5 cm³/mol. The lowest BCUT2D eigenvalue weighted by Crippen LogP contribution is -2.12. The zero-order valence-corrected chi connectivity index (χ0v) is 10.9. The minimum atomic E-state index is 0.267. The van der Waals surface area contributed by atoms with Gasteiger partial charge < -0.3 is 10.4 Å². The zero-order chi connectivity index (χ0) is 11.4. The number of phenols is 1. The number of nitrogens with zero attached hydrogens (tertiary/aromatic N) is 1. The average Bonchev–Trinajstić information content (AvgIpc) is 2.76. The Labute approximate surface area is 106 Å². The van der Waals surface area contributed by atoms with Gasteiger partial charge in [-0.1, -0.05) is 6.07 Å². The largest absolute Gasteiger partial charge is 0.507 e. The van der Waals surface area contributed by atoms with E-state index in [4.69, 9.17) is 0 Å². The van der Waals surface area contributed by atoms with E-state index >= 15 is 0 Å². The summed E-state index contributed by atoms with van der Waals surface area (Å²) in [5.41, 5.74) is 1.13. The molecule has 0 spiro atoms. The summed E-state index contributed by atoms with van der Waals surface area (Å²) in [5, 5.41) is 15.7. The minimum Gasteiger partial charge on any atom is -0.507 e. The van der Waals surface area contributed by atoms with Crippen molar-refractivity contribution in [2.24, 2.45) is 0 Å². The van der Waals surface area contributed by atoms with Gasteiger partial charge in [0.2, 0.25) is 0 Å². The van der Waals surface area contributed by atoms with E-state index in [1.807, 2.05) is 17.5 Å². The Bertz CT molecular complexity index is 459. The first-order chi connectivity index (χ1) is 7.75. The summed E-state index contributed by atoms with van der Waals surface area (Å²) in [6, 6.07) is 5.49. The maximum absolute atomic E-state index is 9.34. The van der Waals surface area contributed by atoms with Gasteiger partial charge in [0.15, 0.2) is 0 Å². The molecule has 2 rings (SSSR count). The van der Waals surface area contributed by atoms with Crippen LogP contribution in [0.25, 0.3) is 0 Å². The van der Waals surface area contributed by atoms with Crippen molar-refractivity contribution < 1.29 is 5.11 Å². The highest BCUT2D eigenvalue weighted by Gasteiger charge is 2.00. The molecule has 0 saturated carbocycles. The van der Waals surface area contributed by atoms with Crippen molar-refractivity contribution in [1.82, 2.24) is 10.3 Å². The quantitative estimate of drug-likeness (QED) is 0.912. The molecule has 2 aromatic rings. The van der Waals surface area contributed by atoms with E-state index in [2.05, 4.69) is 26.2 Å². The monoisotopic (exact) mass is 298 g/mol. The van der Waals surface area contributed by atoms with E-state index in [0.29, 0.717) is 0 Å². The Morgan fingerprint density at radius 3 is 2.94 bits per heavy atom. The molecule has 0 atom stereocenters. The van der Waals surface area contributed by atoms with Crippen LogP contribution in [-0.2, 0) is 13.1 Å². The molecule has 1 aromatic heterocycles. The van der Waals surface area contributed by atoms with E-state index in [1.165, 1.54) is 0 Å². The molecule has 0 fully saturated rings. The minimum absolute atomic E-state index is 0.267. The van der Waals surface area contributed by atoms with Crippen molar-refractivity contribution in [3.8, 4) is 5.75 Å². The second-order valence-electron chi connectivity index (χ2n) is 3.32. The molecule has 0 aliphatic carbocycles. The topological polar surface area (TPSA) is 45.1 Å². The maximum Gasteiger partial charge on any atom is 0.129 e. The van der Waals surface area contributed by atoms with E-state index in [0.717, 1.165) is 28.1 Å². The Hall–Kier alpha value is -0.910. The average molecular weight is 299 g/mol. The van der Waals surface area contributed by atoms with Crippen LogP contribution in [0.3, 0.4) is 0 Å². The smallest absolute Gasteiger partial charge is 0.129 e. The van der Waals surface area contributed by atoms with Crippen LogP contribution in [0.2, 0.25) is 0 Å². The highest BCUT2D eigenvalue weighted by atomic mass is 79.9. The first-order valence-electron chi connectivity index (χ1n) is 4.82. The normalized spacial score (nSPS) is 10.6. The molecule has 84 valence electrons. The fourth-order valence-corrected chi connectivity index (χ4v) is 2.33. The zero-order valence-electron chi connectivity index (χ0n) is 8.48. The molecular formula is C11H11BrN2OS. The van der Waals surface area contributed by atoms with Crippen LogP contribution < -0.4 is 5.32 Å². The van der Waals surface area contributed by atoms with Crippen molar-refractivity contribution in [3.63, 3.8) is 0 Å². The van der Waals surface area contributed by atoms with Crippen molar-refractivity contribution in [2.75, 3.05) is 0 Å². The molecule has 2 N–H and O–H groups in total. The molecule has 0 amide bonds. The molecule has 0 aliphatic rings. The molecule has 3 nitrogen and oxygen atoms in total. The number of nitrogens with one attached hydrogen (secondary N) is 1. The van der Waals surface area contributed by atoms with Crippen molar-refractivity contribution in [2.45, 2.75) is 13.1 Å². The van der Waals surface area contributed by atoms with Gasteiger partial charge in [0.05, 0.1) is 4.47 Å². The molecular weight excluding hydrogens is 288 g/mol. The van der Waals surface area contributed by atoms with Gasteiger partial charge in [-0.15, -0.1) is 11.3 Å². The third-order valence-electron chi connectivity index (χ3n) is 2.10. The summed E-state index contributed by atoms with van der Waals surface area (Å²) in [6.07, 6.45) is 1.80. The van der Waals surface area contributed by atoms with Crippen LogP contribution in [0.15, 0.2) is 34.2 Å². The molecule has 16 heavy (non-hydrogen) atoms. The molecule has 1 aromatic carbocycles. The lowest BCUT2D eigenvalue weighted by atomic mass is 10.2. The first kappa shape index (κ1) is 11.6. The first-order valence-corrected chi connectivity index (χ1v) is 6.49. The van der Waals surface area contributed by atoms with Crippen LogP contribution in [0.5, 0.6) is 5.75 Å². The lowest BCUT2D eigenvalue weighted by molar-refractivity contribution is 0.471. The number of thiazole rings is 1. The Balaban J connectivity index is 1.87. The fourth-order valence-electron chi connectivity index (χ4n) is 1.31. The number of aromatic nitrogens is 1. The standard InChI is InChI=1S/C11H11BrN2OS/c12-9-5-8(1-2-10(9)15)6-13-7-11-14-3-4-16-11/h1-5,13,15H,6-7H2. The van der Waals surface area contributed by atoms with Gasteiger partial charge in [-0.05, 0) is 33.6 Å². The third kappa shape index (κ3) is 3.04. The maximum atomic E-state index is 9.34. The highest BCUT2D eigenvalue weighted by molar-refractivity contribution is 9.10. The number of hydrogen-bond acceptors (Lipinski definition) is 4. The van der Waals surface area contributed by atoms with E-state index in [1.54, 1.807) is 23.6 Å². The molecule has 0 bridgehead atoms. The number of rotatable bonds is 4. The Morgan fingerprint density at radius 2 is 2.25 bits per heavy atom. The van der Waals surface area contributed by atoms with E-state index in [9.17, 15) is 5.11 Å². The molecule has 0 aliphatic heterocycles. The van der Waals surface area contributed by atoms with Gasteiger partial charge in [0.25, 0.3) is 0 Å². The van der Waals surface area contributed by atoms with Crippen LogP contribution in [0.1, 0.15) is 10.6 Å². The Morgan fingerprint density at radius 1 is 1.38 bits per heavy atom. The van der Waals surface area contributed by atoms with Gasteiger partial charge in [0, 0.05) is 24.7 Å². The van der Waals surface area contributed by atoms with Crippen LogP contribution in [-0.4, -0.2) is 10.1 Å². The predicted octanol–water partition coefficient (Wildman–Crippen LogP) is 2.90. The summed E-state index contributed by atoms with van der Waals surface area (Å²) < 4.78 is 0.723. The summed E-state index contributed by atoms with van der Waals surface area (Å²) in [6.45, 7) is 1.54. The number of benzene rings is 1. The lowest BCUT2D eigenvalue weighted by Gasteiger charge is -2.04. The Kier molecular flexibility index (Phi) is 3.93. The fraction of sp³-hybridized carbons (Fsp3) is 0.182. The second-order valence-corrected chi connectivity index (χ2v) is 5.15. The second kappa shape index (κ2) is 5.43. The van der Waals surface area contributed by atoms with E-state index in [-0.39, 0.29) is 5.75 Å². The summed E-state index contributed by atoms with van der Waals surface area (Å²) >= 11 is 4.93. The number of halogens is 1. The van der Waals surface area contributed by atoms with Crippen LogP contribution >= 0.6 is 27.3 Å². The molecule has 0 saturated heterocycles. The van der Waals surface area contributed by atoms with Crippen molar-refractivity contribution in [3.05, 3.63) is 44.8 Å². The van der Waals surface area contributed by atoms with Gasteiger partial charge >= 0.3 is 0 Å². The van der Waals surface area contributed by atoms with Crippen molar-refractivity contribution in [1.29, 1.82) is 0 Å². The molecule has 5 heteroatoms. The molecule has 1 heterocycles. The summed E-state index contributed by atoms with van der Waals surface area (Å²) in [4.78, 5) is 4.19. The van der Waals surface area contributed by atoms with Gasteiger partial charge in [0.1, 0.15) is 10.8 Å².